The zero-order valence-corrected chi connectivity index (χ0v) is 17.6. The van der Waals surface area contributed by atoms with E-state index in [1.54, 1.807) is 29.2 Å². The van der Waals surface area contributed by atoms with Crippen LogP contribution >= 0.6 is 0 Å². The zero-order valence-electron chi connectivity index (χ0n) is 17.6. The van der Waals surface area contributed by atoms with Gasteiger partial charge < -0.3 is 14.1 Å². The van der Waals surface area contributed by atoms with Crippen LogP contribution in [0.1, 0.15) is 21.7 Å². The average molecular weight is 410 g/mol. The fraction of sp³-hybridized carbons (Fsp3) is 0.409. The van der Waals surface area contributed by atoms with E-state index in [1.165, 1.54) is 7.11 Å². The number of ether oxygens (including phenoxy) is 1. The summed E-state index contributed by atoms with van der Waals surface area (Å²) in [6, 6.07) is 8.99. The number of carbonyl (C=O) groups is 1. The summed E-state index contributed by atoms with van der Waals surface area (Å²) in [6.07, 6.45) is 0. The van der Waals surface area contributed by atoms with Crippen molar-refractivity contribution in [2.45, 2.75) is 20.4 Å². The minimum absolute atomic E-state index is 0.0619. The van der Waals surface area contributed by atoms with Gasteiger partial charge in [-0.05, 0) is 32.0 Å². The van der Waals surface area contributed by atoms with E-state index in [2.05, 4.69) is 23.0 Å². The van der Waals surface area contributed by atoms with Crippen LogP contribution in [0.3, 0.4) is 0 Å². The first kappa shape index (κ1) is 20.2. The summed E-state index contributed by atoms with van der Waals surface area (Å²) in [6.45, 7) is 8.42. The van der Waals surface area contributed by atoms with Gasteiger partial charge in [-0.2, -0.15) is 5.10 Å². The molecule has 0 atom stereocenters. The van der Waals surface area contributed by atoms with Gasteiger partial charge in [-0.25, -0.2) is 4.79 Å². The summed E-state index contributed by atoms with van der Waals surface area (Å²) >= 11 is 0. The smallest absolute Gasteiger partial charge is 0.349 e. The molecule has 8 nitrogen and oxygen atoms in total. The molecule has 3 aromatic rings. The molecular formula is C22H26N4O4. The number of amides is 1. The lowest BCUT2D eigenvalue weighted by molar-refractivity contribution is 0.0628. The van der Waals surface area contributed by atoms with Gasteiger partial charge in [-0.3, -0.25) is 14.4 Å². The number of rotatable bonds is 5. The first-order chi connectivity index (χ1) is 14.5. The molecule has 0 saturated carbocycles. The van der Waals surface area contributed by atoms with Crippen molar-refractivity contribution in [3.05, 3.63) is 57.7 Å². The van der Waals surface area contributed by atoms with Gasteiger partial charge in [-0.1, -0.05) is 12.1 Å². The van der Waals surface area contributed by atoms with E-state index in [0.29, 0.717) is 29.8 Å². The Balaban J connectivity index is 1.41. The van der Waals surface area contributed by atoms with Crippen molar-refractivity contribution in [1.82, 2.24) is 19.6 Å². The molecule has 0 bridgehead atoms. The number of methoxy groups -OCH3 is 1. The monoisotopic (exact) mass is 410 g/mol. The van der Waals surface area contributed by atoms with E-state index >= 15 is 0 Å². The summed E-state index contributed by atoms with van der Waals surface area (Å²) in [4.78, 5) is 29.4. The number of piperazine rings is 1. The van der Waals surface area contributed by atoms with Crippen LogP contribution in [0, 0.1) is 13.8 Å². The molecule has 1 aromatic carbocycles. The van der Waals surface area contributed by atoms with Crippen molar-refractivity contribution in [2.24, 2.45) is 0 Å². The van der Waals surface area contributed by atoms with E-state index in [0.717, 1.165) is 37.6 Å². The molecule has 158 valence electrons. The number of hydrogen-bond donors (Lipinski definition) is 0. The molecule has 0 unspecified atom stereocenters. The molecule has 2 aromatic heterocycles. The summed E-state index contributed by atoms with van der Waals surface area (Å²) in [5.41, 5.74) is 1.96. The second kappa shape index (κ2) is 8.31. The van der Waals surface area contributed by atoms with Gasteiger partial charge >= 0.3 is 5.63 Å². The van der Waals surface area contributed by atoms with Crippen LogP contribution in [-0.2, 0) is 6.54 Å². The Morgan fingerprint density at radius 1 is 1.13 bits per heavy atom. The van der Waals surface area contributed by atoms with E-state index < -0.39 is 5.63 Å². The third-order valence-corrected chi connectivity index (χ3v) is 5.57. The topological polar surface area (TPSA) is 80.8 Å². The molecule has 0 spiro atoms. The Kier molecular flexibility index (Phi) is 5.59. The number of hydrogen-bond acceptors (Lipinski definition) is 6. The van der Waals surface area contributed by atoms with E-state index in [9.17, 15) is 9.59 Å². The largest absolute Gasteiger partial charge is 0.493 e. The fourth-order valence-electron chi connectivity index (χ4n) is 3.91. The highest BCUT2D eigenvalue weighted by Gasteiger charge is 2.25. The molecule has 8 heteroatoms. The maximum absolute atomic E-state index is 13.0. The molecule has 0 N–H and O–H groups in total. The predicted octanol–water partition coefficient (Wildman–Crippen LogP) is 2.07. The molecule has 30 heavy (non-hydrogen) atoms. The third kappa shape index (κ3) is 3.95. The zero-order chi connectivity index (χ0) is 21.3. The number of aromatic nitrogens is 2. The van der Waals surface area contributed by atoms with Crippen molar-refractivity contribution < 1.29 is 13.9 Å². The highest BCUT2D eigenvalue weighted by atomic mass is 16.5. The van der Waals surface area contributed by atoms with Crippen molar-refractivity contribution >= 4 is 16.9 Å². The highest BCUT2D eigenvalue weighted by Crippen LogP contribution is 2.24. The quantitative estimate of drug-likeness (QED) is 0.599. The number of fused-ring (bicyclic) bond motifs is 1. The van der Waals surface area contributed by atoms with Crippen molar-refractivity contribution in [3.63, 3.8) is 0 Å². The minimum Gasteiger partial charge on any atom is -0.493 e. The van der Waals surface area contributed by atoms with Gasteiger partial charge in [0.25, 0.3) is 5.91 Å². The number of carbonyl (C=O) groups excluding carboxylic acids is 1. The van der Waals surface area contributed by atoms with Crippen LogP contribution in [0.2, 0.25) is 0 Å². The van der Waals surface area contributed by atoms with Gasteiger partial charge in [0.2, 0.25) is 0 Å². The van der Waals surface area contributed by atoms with Gasteiger partial charge in [-0.15, -0.1) is 0 Å². The Morgan fingerprint density at radius 2 is 1.90 bits per heavy atom. The SMILES string of the molecule is COc1cccc2cc(C(=O)N3CCN(CCn4nc(C)cc4C)CC3)c(=O)oc12. The van der Waals surface area contributed by atoms with Crippen LogP contribution in [-0.4, -0.2) is 65.3 Å². The van der Waals surface area contributed by atoms with Crippen LogP contribution in [0.4, 0.5) is 0 Å². The van der Waals surface area contributed by atoms with E-state index in [1.807, 2.05) is 11.6 Å². The lowest BCUT2D eigenvalue weighted by Gasteiger charge is -2.34. The number of para-hydroxylation sites is 1. The molecule has 4 rings (SSSR count). The van der Waals surface area contributed by atoms with E-state index in [4.69, 9.17) is 9.15 Å². The van der Waals surface area contributed by atoms with Crippen molar-refractivity contribution in [3.8, 4) is 5.75 Å². The molecule has 1 aliphatic heterocycles. The Hall–Kier alpha value is -3.13. The van der Waals surface area contributed by atoms with Crippen molar-refractivity contribution in [1.29, 1.82) is 0 Å². The highest BCUT2D eigenvalue weighted by molar-refractivity contribution is 5.97. The first-order valence-corrected chi connectivity index (χ1v) is 10.1. The molecule has 1 amide bonds. The Bertz CT molecular complexity index is 1130. The maximum atomic E-state index is 13.0. The first-order valence-electron chi connectivity index (χ1n) is 10.1. The number of benzene rings is 1. The van der Waals surface area contributed by atoms with Crippen molar-refractivity contribution in [2.75, 3.05) is 39.8 Å². The molecule has 3 heterocycles. The van der Waals surface area contributed by atoms with Crippen LogP contribution < -0.4 is 10.4 Å². The molecular weight excluding hydrogens is 384 g/mol. The standard InChI is InChI=1S/C22H26N4O4/c1-15-13-16(2)26(23-15)12-9-24-7-10-25(11-8-24)21(27)18-14-17-5-4-6-19(29-3)20(17)30-22(18)28/h4-6,13-14H,7-12H2,1-3H3. The fourth-order valence-corrected chi connectivity index (χ4v) is 3.91. The third-order valence-electron chi connectivity index (χ3n) is 5.57. The number of nitrogens with zero attached hydrogens (tertiary/aromatic N) is 4. The van der Waals surface area contributed by atoms with Crippen LogP contribution in [0.5, 0.6) is 5.75 Å². The summed E-state index contributed by atoms with van der Waals surface area (Å²) in [5, 5.41) is 5.16. The van der Waals surface area contributed by atoms with Crippen LogP contribution in [0.25, 0.3) is 11.0 Å². The normalized spacial score (nSPS) is 15.0. The van der Waals surface area contributed by atoms with E-state index in [-0.39, 0.29) is 11.5 Å². The average Bonchev–Trinajstić information content (AvgIpc) is 3.08. The minimum atomic E-state index is -0.635. The Labute approximate surface area is 174 Å². The lowest BCUT2D eigenvalue weighted by atomic mass is 10.1. The molecule has 1 fully saturated rings. The summed E-state index contributed by atoms with van der Waals surface area (Å²) in [7, 11) is 1.52. The van der Waals surface area contributed by atoms with Gasteiger partial charge in [0.15, 0.2) is 11.3 Å². The maximum Gasteiger partial charge on any atom is 0.349 e. The van der Waals surface area contributed by atoms with Gasteiger partial charge in [0.05, 0.1) is 19.3 Å². The van der Waals surface area contributed by atoms with Gasteiger partial charge in [0, 0.05) is 43.8 Å². The van der Waals surface area contributed by atoms with Gasteiger partial charge in [0.1, 0.15) is 5.56 Å². The second-order valence-electron chi connectivity index (χ2n) is 7.61. The summed E-state index contributed by atoms with van der Waals surface area (Å²) < 4.78 is 12.7. The second-order valence-corrected chi connectivity index (χ2v) is 7.61. The summed E-state index contributed by atoms with van der Waals surface area (Å²) in [5.74, 6) is 0.187. The van der Waals surface area contributed by atoms with Crippen LogP contribution in [0.15, 0.2) is 39.5 Å². The lowest BCUT2D eigenvalue weighted by Crippen LogP contribution is -2.50. The number of aryl methyl sites for hydroxylation is 2. The molecule has 0 aliphatic carbocycles. The molecule has 1 saturated heterocycles. The molecule has 0 radical (unpaired) electrons. The predicted molar refractivity (Wildman–Crippen MR) is 113 cm³/mol. The molecule has 1 aliphatic rings. The Morgan fingerprint density at radius 3 is 2.57 bits per heavy atom.